The fourth-order valence-corrected chi connectivity index (χ4v) is 1.55. The molecule has 0 aliphatic rings. The van der Waals surface area contributed by atoms with Crippen LogP contribution in [0.15, 0.2) is 48.5 Å². The minimum absolute atomic E-state index is 0.332. The smallest absolute Gasteiger partial charge is 0.255 e. The number of benzene rings is 2. The first-order valence-electron chi connectivity index (χ1n) is 5.56. The fourth-order valence-electron chi connectivity index (χ4n) is 1.55. The third kappa shape index (κ3) is 3.38. The average Bonchev–Trinajstić information content (AvgIpc) is 2.42. The Hall–Kier alpha value is -2.69. The number of carbonyl (C=O) groups is 2. The molecule has 0 spiro atoms. The van der Waals surface area contributed by atoms with Crippen molar-refractivity contribution in [2.24, 2.45) is 0 Å². The molecule has 0 aromatic heterocycles. The molecule has 0 saturated carbocycles. The van der Waals surface area contributed by atoms with Crippen molar-refractivity contribution in [1.29, 1.82) is 0 Å². The molecule has 2 aromatic carbocycles. The summed E-state index contributed by atoms with van der Waals surface area (Å²) < 4.78 is 12.7. The molecule has 0 radical (unpaired) electrons. The Bertz CT molecular complexity index is 597. The van der Waals surface area contributed by atoms with Crippen LogP contribution in [0, 0.1) is 5.82 Å². The summed E-state index contributed by atoms with van der Waals surface area (Å²) in [6.45, 7) is 0. The van der Waals surface area contributed by atoms with Gasteiger partial charge in [-0.15, -0.1) is 0 Å². The Balaban J connectivity index is 2.13. The normalized spacial score (nSPS) is 9.74. The van der Waals surface area contributed by atoms with Crippen LogP contribution in [0.4, 0.5) is 15.8 Å². The Morgan fingerprint density at radius 2 is 1.79 bits per heavy atom. The van der Waals surface area contributed by atoms with Gasteiger partial charge in [-0.3, -0.25) is 9.59 Å². The van der Waals surface area contributed by atoms with Gasteiger partial charge in [-0.05, 0) is 42.5 Å². The first kappa shape index (κ1) is 12.8. The Morgan fingerprint density at radius 3 is 2.47 bits per heavy atom. The Morgan fingerprint density at radius 1 is 1.05 bits per heavy atom. The minimum atomic E-state index is -0.366. The molecule has 5 heteroatoms. The van der Waals surface area contributed by atoms with Crippen LogP contribution in [0.3, 0.4) is 0 Å². The fraction of sp³-hybridized carbons (Fsp3) is 0. The molecule has 0 bridgehead atoms. The SMILES string of the molecule is O=CNc1cccc(C(=O)Nc2ccc(F)cc2)c1. The molecule has 2 amide bonds. The predicted molar refractivity (Wildman–Crippen MR) is 70.5 cm³/mol. The van der Waals surface area contributed by atoms with Crippen LogP contribution in [0.1, 0.15) is 10.4 Å². The van der Waals surface area contributed by atoms with Crippen LogP contribution in [0.25, 0.3) is 0 Å². The highest BCUT2D eigenvalue weighted by molar-refractivity contribution is 6.04. The highest BCUT2D eigenvalue weighted by Gasteiger charge is 2.06. The van der Waals surface area contributed by atoms with E-state index in [1.807, 2.05) is 0 Å². The van der Waals surface area contributed by atoms with E-state index in [1.165, 1.54) is 24.3 Å². The molecule has 0 heterocycles. The molecular formula is C14H11FN2O2. The third-order valence-corrected chi connectivity index (χ3v) is 2.45. The molecule has 96 valence electrons. The van der Waals surface area contributed by atoms with Crippen LogP contribution >= 0.6 is 0 Å². The molecule has 2 N–H and O–H groups in total. The van der Waals surface area contributed by atoms with Crippen molar-refractivity contribution < 1.29 is 14.0 Å². The molecule has 0 unspecified atom stereocenters. The second kappa shape index (κ2) is 5.77. The van der Waals surface area contributed by atoms with Crippen molar-refractivity contribution in [2.75, 3.05) is 10.6 Å². The number of carbonyl (C=O) groups excluding carboxylic acids is 2. The summed E-state index contributed by atoms with van der Waals surface area (Å²) in [6.07, 6.45) is 0.539. The van der Waals surface area contributed by atoms with Crippen molar-refractivity contribution >= 4 is 23.7 Å². The van der Waals surface area contributed by atoms with E-state index >= 15 is 0 Å². The standard InChI is InChI=1S/C14H11FN2O2/c15-11-4-6-12(7-5-11)17-14(19)10-2-1-3-13(8-10)16-9-18/h1-9H,(H,16,18)(H,17,19). The van der Waals surface area contributed by atoms with E-state index in [1.54, 1.807) is 24.3 Å². The summed E-state index contributed by atoms with van der Waals surface area (Å²) in [5, 5.41) is 5.10. The second-order valence-electron chi connectivity index (χ2n) is 3.80. The van der Waals surface area contributed by atoms with E-state index < -0.39 is 0 Å². The van der Waals surface area contributed by atoms with Gasteiger partial charge in [-0.2, -0.15) is 0 Å². The molecule has 0 saturated heterocycles. The number of amides is 2. The van der Waals surface area contributed by atoms with E-state index in [2.05, 4.69) is 10.6 Å². The van der Waals surface area contributed by atoms with Crippen molar-refractivity contribution in [3.8, 4) is 0 Å². The van der Waals surface area contributed by atoms with Crippen LogP contribution in [0.5, 0.6) is 0 Å². The highest BCUT2D eigenvalue weighted by atomic mass is 19.1. The molecule has 0 aliphatic heterocycles. The lowest BCUT2D eigenvalue weighted by atomic mass is 10.2. The van der Waals surface area contributed by atoms with Crippen LogP contribution in [-0.4, -0.2) is 12.3 Å². The van der Waals surface area contributed by atoms with Gasteiger partial charge in [0.1, 0.15) is 5.82 Å². The van der Waals surface area contributed by atoms with Gasteiger partial charge in [0.2, 0.25) is 6.41 Å². The maximum absolute atomic E-state index is 12.7. The van der Waals surface area contributed by atoms with Crippen molar-refractivity contribution in [1.82, 2.24) is 0 Å². The summed E-state index contributed by atoms with van der Waals surface area (Å²) in [4.78, 5) is 22.3. The predicted octanol–water partition coefficient (Wildman–Crippen LogP) is 2.65. The quantitative estimate of drug-likeness (QED) is 0.828. The van der Waals surface area contributed by atoms with Crippen molar-refractivity contribution in [2.45, 2.75) is 0 Å². The topological polar surface area (TPSA) is 58.2 Å². The van der Waals surface area contributed by atoms with Gasteiger partial charge in [0.25, 0.3) is 5.91 Å². The average molecular weight is 258 g/mol. The van der Waals surface area contributed by atoms with E-state index in [0.29, 0.717) is 23.3 Å². The van der Waals surface area contributed by atoms with Crippen LogP contribution < -0.4 is 10.6 Å². The maximum atomic E-state index is 12.7. The van der Waals surface area contributed by atoms with E-state index in [0.717, 1.165) is 0 Å². The Labute approximate surface area is 109 Å². The van der Waals surface area contributed by atoms with Gasteiger partial charge in [0, 0.05) is 16.9 Å². The largest absolute Gasteiger partial charge is 0.329 e. The first-order valence-corrected chi connectivity index (χ1v) is 5.56. The number of rotatable bonds is 4. The first-order chi connectivity index (χ1) is 9.19. The van der Waals surface area contributed by atoms with Crippen LogP contribution in [-0.2, 0) is 4.79 Å². The van der Waals surface area contributed by atoms with Gasteiger partial charge >= 0.3 is 0 Å². The number of hydrogen-bond donors (Lipinski definition) is 2. The van der Waals surface area contributed by atoms with Crippen LogP contribution in [0.2, 0.25) is 0 Å². The molecule has 4 nitrogen and oxygen atoms in total. The molecule has 2 aromatic rings. The number of anilines is 2. The van der Waals surface area contributed by atoms with E-state index in [9.17, 15) is 14.0 Å². The second-order valence-corrected chi connectivity index (χ2v) is 3.80. The lowest BCUT2D eigenvalue weighted by Crippen LogP contribution is -2.12. The Kier molecular flexibility index (Phi) is 3.87. The van der Waals surface area contributed by atoms with Gasteiger partial charge in [-0.1, -0.05) is 6.07 Å². The number of nitrogens with one attached hydrogen (secondary N) is 2. The highest BCUT2D eigenvalue weighted by Crippen LogP contribution is 2.13. The molecule has 0 atom stereocenters. The maximum Gasteiger partial charge on any atom is 0.255 e. The lowest BCUT2D eigenvalue weighted by Gasteiger charge is -2.06. The van der Waals surface area contributed by atoms with Gasteiger partial charge in [0.05, 0.1) is 0 Å². The number of hydrogen-bond acceptors (Lipinski definition) is 2. The monoisotopic (exact) mass is 258 g/mol. The zero-order valence-corrected chi connectivity index (χ0v) is 9.89. The third-order valence-electron chi connectivity index (χ3n) is 2.45. The molecule has 19 heavy (non-hydrogen) atoms. The van der Waals surface area contributed by atoms with E-state index in [-0.39, 0.29) is 11.7 Å². The molecule has 0 fully saturated rings. The molecule has 0 aliphatic carbocycles. The van der Waals surface area contributed by atoms with Gasteiger partial charge in [-0.25, -0.2) is 4.39 Å². The summed E-state index contributed by atoms with van der Waals surface area (Å²) in [5.41, 5.74) is 1.43. The van der Waals surface area contributed by atoms with Gasteiger partial charge in [0.15, 0.2) is 0 Å². The van der Waals surface area contributed by atoms with E-state index in [4.69, 9.17) is 0 Å². The van der Waals surface area contributed by atoms with Gasteiger partial charge < -0.3 is 10.6 Å². The van der Waals surface area contributed by atoms with Crippen molar-refractivity contribution in [3.05, 3.63) is 59.9 Å². The zero-order chi connectivity index (χ0) is 13.7. The summed E-state index contributed by atoms with van der Waals surface area (Å²) in [6, 6.07) is 12.0. The lowest BCUT2D eigenvalue weighted by molar-refractivity contribution is -0.105. The molecular weight excluding hydrogens is 247 g/mol. The zero-order valence-electron chi connectivity index (χ0n) is 9.89. The molecule has 2 rings (SSSR count). The minimum Gasteiger partial charge on any atom is -0.329 e. The number of halogens is 1. The summed E-state index contributed by atoms with van der Waals surface area (Å²) in [5.74, 6) is -0.698. The summed E-state index contributed by atoms with van der Waals surface area (Å²) >= 11 is 0. The van der Waals surface area contributed by atoms with Crippen molar-refractivity contribution in [3.63, 3.8) is 0 Å². The summed E-state index contributed by atoms with van der Waals surface area (Å²) in [7, 11) is 0.